The van der Waals surface area contributed by atoms with Crippen LogP contribution in [0.2, 0.25) is 5.02 Å². The van der Waals surface area contributed by atoms with Crippen molar-refractivity contribution < 1.29 is 4.74 Å². The predicted octanol–water partition coefficient (Wildman–Crippen LogP) is 6.80. The second kappa shape index (κ2) is 10.1. The molecule has 0 amide bonds. The molecule has 0 N–H and O–H groups in total. The second-order valence-corrected chi connectivity index (χ2v) is 8.73. The summed E-state index contributed by atoms with van der Waals surface area (Å²) in [5, 5.41) is 0.853. The highest BCUT2D eigenvalue weighted by Gasteiger charge is 2.12. The first-order valence-electron chi connectivity index (χ1n) is 10.9. The van der Waals surface area contributed by atoms with Crippen molar-refractivity contribution >= 4 is 11.6 Å². The Bertz CT molecular complexity index is 984. The molecule has 3 aromatic rings. The van der Waals surface area contributed by atoms with Crippen LogP contribution in [0.4, 0.5) is 0 Å². The number of rotatable bonds is 2. The van der Waals surface area contributed by atoms with Crippen molar-refractivity contribution in [2.24, 2.45) is 0 Å². The van der Waals surface area contributed by atoms with Crippen LogP contribution in [0.25, 0.3) is 0 Å². The molecule has 1 heterocycles. The van der Waals surface area contributed by atoms with Gasteiger partial charge in [0.1, 0.15) is 5.75 Å². The SMILES string of the molecule is Cc1ccc2c(c1)Cc1cccc(c1)CN(Cc1ccccc1Cl)CCCCCO2. The largest absolute Gasteiger partial charge is 0.493 e. The van der Waals surface area contributed by atoms with E-state index in [0.29, 0.717) is 0 Å². The summed E-state index contributed by atoms with van der Waals surface area (Å²) in [4.78, 5) is 2.52. The fourth-order valence-electron chi connectivity index (χ4n) is 4.18. The van der Waals surface area contributed by atoms with Crippen molar-refractivity contribution in [2.45, 2.75) is 45.7 Å². The zero-order valence-corrected chi connectivity index (χ0v) is 18.5. The monoisotopic (exact) mass is 419 g/mol. The zero-order chi connectivity index (χ0) is 20.8. The van der Waals surface area contributed by atoms with Gasteiger partial charge in [-0.25, -0.2) is 0 Å². The number of fused-ring (bicyclic) bond motifs is 3. The van der Waals surface area contributed by atoms with Crippen molar-refractivity contribution in [3.8, 4) is 5.75 Å². The fourth-order valence-corrected chi connectivity index (χ4v) is 4.38. The average Bonchev–Trinajstić information content (AvgIpc) is 2.73. The molecule has 3 aromatic carbocycles. The number of nitrogens with zero attached hydrogens (tertiary/aromatic N) is 1. The molecule has 0 aromatic heterocycles. The molecular formula is C27H30ClNO. The standard InChI is InChI=1S/C27H30ClNO/c1-21-12-13-27-25(16-21)18-22-8-7-9-23(17-22)19-29(14-5-2-6-15-30-27)20-24-10-3-4-11-26(24)28/h3-4,7-13,16-17H,2,5-6,14-15,18-20H2,1H3. The molecule has 0 fully saturated rings. The lowest BCUT2D eigenvalue weighted by Gasteiger charge is -2.24. The lowest BCUT2D eigenvalue weighted by molar-refractivity contribution is 0.243. The first-order valence-corrected chi connectivity index (χ1v) is 11.3. The van der Waals surface area contributed by atoms with E-state index in [9.17, 15) is 0 Å². The van der Waals surface area contributed by atoms with Crippen LogP contribution in [-0.4, -0.2) is 18.1 Å². The molecule has 0 aliphatic carbocycles. The van der Waals surface area contributed by atoms with Gasteiger partial charge >= 0.3 is 0 Å². The molecule has 0 saturated heterocycles. The molecule has 2 bridgehead atoms. The van der Waals surface area contributed by atoms with Crippen LogP contribution in [0.5, 0.6) is 5.75 Å². The van der Waals surface area contributed by atoms with Gasteiger partial charge in [-0.1, -0.05) is 71.8 Å². The smallest absolute Gasteiger partial charge is 0.122 e. The van der Waals surface area contributed by atoms with Crippen LogP contribution in [0, 0.1) is 6.92 Å². The van der Waals surface area contributed by atoms with Gasteiger partial charge in [-0.15, -0.1) is 0 Å². The van der Waals surface area contributed by atoms with Gasteiger partial charge in [-0.2, -0.15) is 0 Å². The minimum atomic E-state index is 0.778. The van der Waals surface area contributed by atoms with E-state index in [1.807, 2.05) is 12.1 Å². The van der Waals surface area contributed by atoms with Gasteiger partial charge in [0.15, 0.2) is 0 Å². The number of benzene rings is 3. The van der Waals surface area contributed by atoms with E-state index in [2.05, 4.69) is 66.4 Å². The van der Waals surface area contributed by atoms with Crippen molar-refractivity contribution in [2.75, 3.05) is 13.2 Å². The van der Waals surface area contributed by atoms with Gasteiger partial charge in [-0.05, 0) is 67.1 Å². The maximum atomic E-state index is 6.45. The fraction of sp³-hybridized carbons (Fsp3) is 0.333. The van der Waals surface area contributed by atoms with Crippen molar-refractivity contribution in [3.05, 3.63) is 99.6 Å². The van der Waals surface area contributed by atoms with Gasteiger partial charge in [-0.3, -0.25) is 4.90 Å². The van der Waals surface area contributed by atoms with Gasteiger partial charge in [0.2, 0.25) is 0 Å². The number of hydrogen-bond donors (Lipinski definition) is 0. The molecule has 0 saturated carbocycles. The third-order valence-corrected chi connectivity index (χ3v) is 6.10. The average molecular weight is 420 g/mol. The van der Waals surface area contributed by atoms with Gasteiger partial charge in [0.05, 0.1) is 6.61 Å². The van der Waals surface area contributed by atoms with E-state index in [1.165, 1.54) is 34.2 Å². The Morgan fingerprint density at radius 1 is 0.900 bits per heavy atom. The highest BCUT2D eigenvalue weighted by atomic mass is 35.5. The first kappa shape index (κ1) is 21.0. The van der Waals surface area contributed by atoms with Crippen LogP contribution in [-0.2, 0) is 19.5 Å². The summed E-state index contributed by atoms with van der Waals surface area (Å²) in [7, 11) is 0. The molecule has 0 atom stereocenters. The normalized spacial score (nSPS) is 15.7. The highest BCUT2D eigenvalue weighted by molar-refractivity contribution is 6.31. The third kappa shape index (κ3) is 5.65. The predicted molar refractivity (Wildman–Crippen MR) is 125 cm³/mol. The zero-order valence-electron chi connectivity index (χ0n) is 17.7. The highest BCUT2D eigenvalue weighted by Crippen LogP contribution is 2.25. The molecule has 1 aliphatic rings. The second-order valence-electron chi connectivity index (χ2n) is 8.32. The molecular weight excluding hydrogens is 390 g/mol. The first-order chi connectivity index (χ1) is 14.7. The summed E-state index contributed by atoms with van der Waals surface area (Å²) in [6.45, 7) is 5.80. The Kier molecular flexibility index (Phi) is 7.09. The van der Waals surface area contributed by atoms with Crippen LogP contribution in [0.1, 0.15) is 47.1 Å². The lowest BCUT2D eigenvalue weighted by Crippen LogP contribution is -2.24. The third-order valence-electron chi connectivity index (χ3n) is 5.74. The lowest BCUT2D eigenvalue weighted by atomic mass is 10.00. The molecule has 0 unspecified atom stereocenters. The quantitative estimate of drug-likeness (QED) is 0.452. The van der Waals surface area contributed by atoms with E-state index in [-0.39, 0.29) is 0 Å². The van der Waals surface area contributed by atoms with E-state index in [1.54, 1.807) is 0 Å². The number of hydrogen-bond acceptors (Lipinski definition) is 2. The van der Waals surface area contributed by atoms with Crippen molar-refractivity contribution in [3.63, 3.8) is 0 Å². The Balaban J connectivity index is 1.59. The Labute approximate surface area is 185 Å². The number of halogens is 1. The Morgan fingerprint density at radius 2 is 1.77 bits per heavy atom. The molecule has 156 valence electrons. The molecule has 0 spiro atoms. The summed E-state index contributed by atoms with van der Waals surface area (Å²) in [6.07, 6.45) is 4.31. The molecule has 4 rings (SSSR count). The van der Waals surface area contributed by atoms with Gasteiger partial charge in [0.25, 0.3) is 0 Å². The molecule has 3 heteroatoms. The van der Waals surface area contributed by atoms with Crippen molar-refractivity contribution in [1.82, 2.24) is 4.90 Å². The summed E-state index contributed by atoms with van der Waals surface area (Å²) in [5.41, 5.74) is 6.44. The summed E-state index contributed by atoms with van der Waals surface area (Å²) in [6, 6.07) is 23.7. The Hall–Kier alpha value is -2.29. The summed E-state index contributed by atoms with van der Waals surface area (Å²) in [5.74, 6) is 1.03. The molecule has 30 heavy (non-hydrogen) atoms. The minimum absolute atomic E-state index is 0.778. The van der Waals surface area contributed by atoms with Crippen LogP contribution in [0.3, 0.4) is 0 Å². The van der Waals surface area contributed by atoms with E-state index in [0.717, 1.165) is 56.3 Å². The van der Waals surface area contributed by atoms with E-state index in [4.69, 9.17) is 16.3 Å². The van der Waals surface area contributed by atoms with Crippen LogP contribution in [0.15, 0.2) is 66.7 Å². The molecule has 1 aliphatic heterocycles. The molecule has 0 radical (unpaired) electrons. The van der Waals surface area contributed by atoms with Crippen LogP contribution < -0.4 is 4.74 Å². The summed E-state index contributed by atoms with van der Waals surface area (Å²) >= 11 is 6.45. The number of aryl methyl sites for hydroxylation is 1. The van der Waals surface area contributed by atoms with Crippen molar-refractivity contribution in [1.29, 1.82) is 0 Å². The summed E-state index contributed by atoms with van der Waals surface area (Å²) < 4.78 is 6.17. The van der Waals surface area contributed by atoms with Gasteiger partial charge < -0.3 is 4.74 Å². The van der Waals surface area contributed by atoms with E-state index >= 15 is 0 Å². The maximum Gasteiger partial charge on any atom is 0.122 e. The topological polar surface area (TPSA) is 12.5 Å². The van der Waals surface area contributed by atoms with Gasteiger partial charge in [0, 0.05) is 24.5 Å². The minimum Gasteiger partial charge on any atom is -0.493 e. The molecule has 2 nitrogen and oxygen atoms in total. The Morgan fingerprint density at radius 3 is 2.67 bits per heavy atom. The van der Waals surface area contributed by atoms with E-state index < -0.39 is 0 Å². The van der Waals surface area contributed by atoms with Crippen LogP contribution >= 0.6 is 11.6 Å². The maximum absolute atomic E-state index is 6.45. The number of ether oxygens (including phenoxy) is 1.